The molecule has 1 aromatic carbocycles. The number of thiazole rings is 1. The van der Waals surface area contributed by atoms with Gasteiger partial charge in [0, 0.05) is 13.1 Å². The standard InChI is InChI=1S/C18H27N3OS/c1-13(2)8-7-9-14(3)19-18(22)21(4)12-17-20-15-10-5-6-11-16(15)23-17/h5-6,10-11,13-14H,7-9,12H2,1-4H3,(H,19,22)/t14-/m0/s1. The lowest BCUT2D eigenvalue weighted by molar-refractivity contribution is 0.202. The highest BCUT2D eigenvalue weighted by Gasteiger charge is 2.14. The number of rotatable bonds is 7. The number of hydrogen-bond donors (Lipinski definition) is 1. The third-order valence-electron chi connectivity index (χ3n) is 3.85. The van der Waals surface area contributed by atoms with Crippen LogP contribution < -0.4 is 5.32 Å². The maximum atomic E-state index is 12.3. The van der Waals surface area contributed by atoms with Gasteiger partial charge in [-0.3, -0.25) is 0 Å². The van der Waals surface area contributed by atoms with E-state index >= 15 is 0 Å². The third kappa shape index (κ3) is 5.50. The first-order valence-electron chi connectivity index (χ1n) is 8.31. The molecule has 0 aliphatic rings. The number of nitrogens with zero attached hydrogens (tertiary/aromatic N) is 2. The molecule has 126 valence electrons. The molecule has 0 aliphatic carbocycles. The summed E-state index contributed by atoms with van der Waals surface area (Å²) in [6.07, 6.45) is 3.39. The molecule has 1 N–H and O–H groups in total. The highest BCUT2D eigenvalue weighted by Crippen LogP contribution is 2.22. The second-order valence-electron chi connectivity index (χ2n) is 6.61. The monoisotopic (exact) mass is 333 g/mol. The second-order valence-corrected chi connectivity index (χ2v) is 7.72. The minimum atomic E-state index is -0.0266. The maximum absolute atomic E-state index is 12.3. The number of carbonyl (C=O) groups is 1. The summed E-state index contributed by atoms with van der Waals surface area (Å²) in [5.41, 5.74) is 1.00. The van der Waals surface area contributed by atoms with Crippen molar-refractivity contribution in [2.75, 3.05) is 7.05 Å². The lowest BCUT2D eigenvalue weighted by atomic mass is 10.0. The number of amides is 2. The zero-order valence-corrected chi connectivity index (χ0v) is 15.3. The minimum absolute atomic E-state index is 0.0266. The molecular formula is C18H27N3OS. The van der Waals surface area contributed by atoms with Gasteiger partial charge in [0.15, 0.2) is 0 Å². The molecule has 1 atom stereocenters. The predicted molar refractivity (Wildman–Crippen MR) is 97.8 cm³/mol. The Kier molecular flexibility index (Phi) is 6.39. The first-order chi connectivity index (χ1) is 11.0. The van der Waals surface area contributed by atoms with E-state index in [1.165, 1.54) is 11.1 Å². The molecule has 0 saturated carbocycles. The van der Waals surface area contributed by atoms with Crippen molar-refractivity contribution in [3.8, 4) is 0 Å². The number of hydrogen-bond acceptors (Lipinski definition) is 3. The summed E-state index contributed by atoms with van der Waals surface area (Å²) >= 11 is 1.65. The van der Waals surface area contributed by atoms with Gasteiger partial charge in [-0.25, -0.2) is 9.78 Å². The summed E-state index contributed by atoms with van der Waals surface area (Å²) in [6.45, 7) is 7.08. The molecule has 0 fully saturated rings. The SMILES string of the molecule is CC(C)CCC[C@H](C)NC(=O)N(C)Cc1nc2ccccc2s1. The van der Waals surface area contributed by atoms with Crippen molar-refractivity contribution in [1.29, 1.82) is 0 Å². The van der Waals surface area contributed by atoms with Gasteiger partial charge in [0.1, 0.15) is 5.01 Å². The molecule has 0 aliphatic heterocycles. The third-order valence-corrected chi connectivity index (χ3v) is 4.87. The summed E-state index contributed by atoms with van der Waals surface area (Å²) in [5.74, 6) is 0.722. The Labute approximate surface area is 142 Å². The van der Waals surface area contributed by atoms with Crippen LogP contribution in [0.15, 0.2) is 24.3 Å². The van der Waals surface area contributed by atoms with Crippen LogP contribution in [0.4, 0.5) is 4.79 Å². The molecule has 0 spiro atoms. The Morgan fingerprint density at radius 3 is 2.70 bits per heavy atom. The van der Waals surface area contributed by atoms with Gasteiger partial charge >= 0.3 is 6.03 Å². The van der Waals surface area contributed by atoms with Gasteiger partial charge in [-0.15, -0.1) is 11.3 Å². The van der Waals surface area contributed by atoms with Crippen LogP contribution in [-0.4, -0.2) is 29.0 Å². The Hall–Kier alpha value is -1.62. The minimum Gasteiger partial charge on any atom is -0.336 e. The van der Waals surface area contributed by atoms with Crippen molar-refractivity contribution in [2.45, 2.75) is 52.6 Å². The van der Waals surface area contributed by atoms with Crippen LogP contribution in [0.2, 0.25) is 0 Å². The molecule has 5 heteroatoms. The molecule has 1 aromatic heterocycles. The molecular weight excluding hydrogens is 306 g/mol. The van der Waals surface area contributed by atoms with E-state index in [2.05, 4.69) is 37.1 Å². The number of benzene rings is 1. The quantitative estimate of drug-likeness (QED) is 0.801. The highest BCUT2D eigenvalue weighted by atomic mass is 32.1. The predicted octanol–water partition coefficient (Wildman–Crippen LogP) is 4.65. The number of carbonyl (C=O) groups excluding carboxylic acids is 1. The lowest BCUT2D eigenvalue weighted by Crippen LogP contribution is -2.41. The van der Waals surface area contributed by atoms with Crippen LogP contribution in [0.1, 0.15) is 45.0 Å². The smallest absolute Gasteiger partial charge is 0.317 e. The van der Waals surface area contributed by atoms with Gasteiger partial charge in [-0.1, -0.05) is 38.8 Å². The van der Waals surface area contributed by atoms with Gasteiger partial charge in [0.2, 0.25) is 0 Å². The van der Waals surface area contributed by atoms with Crippen LogP contribution in [0, 0.1) is 5.92 Å². The van der Waals surface area contributed by atoms with Crippen molar-refractivity contribution < 1.29 is 4.79 Å². The fourth-order valence-electron chi connectivity index (χ4n) is 2.49. The van der Waals surface area contributed by atoms with E-state index in [1.807, 2.05) is 25.2 Å². The maximum Gasteiger partial charge on any atom is 0.317 e. The van der Waals surface area contributed by atoms with E-state index < -0.39 is 0 Å². The first-order valence-corrected chi connectivity index (χ1v) is 9.13. The zero-order chi connectivity index (χ0) is 16.8. The topological polar surface area (TPSA) is 45.2 Å². The van der Waals surface area contributed by atoms with Crippen LogP contribution in [0.25, 0.3) is 10.2 Å². The molecule has 23 heavy (non-hydrogen) atoms. The van der Waals surface area contributed by atoms with Crippen molar-refractivity contribution in [2.24, 2.45) is 5.92 Å². The van der Waals surface area contributed by atoms with Crippen LogP contribution in [-0.2, 0) is 6.54 Å². The average molecular weight is 334 g/mol. The van der Waals surface area contributed by atoms with E-state index in [4.69, 9.17) is 0 Å². The summed E-state index contributed by atoms with van der Waals surface area (Å²) < 4.78 is 1.17. The molecule has 0 bridgehead atoms. The average Bonchev–Trinajstić information content (AvgIpc) is 2.88. The summed E-state index contributed by atoms with van der Waals surface area (Å²) in [4.78, 5) is 18.5. The molecule has 1 heterocycles. The van der Waals surface area contributed by atoms with Gasteiger partial charge < -0.3 is 10.2 Å². The zero-order valence-electron chi connectivity index (χ0n) is 14.5. The highest BCUT2D eigenvalue weighted by molar-refractivity contribution is 7.18. The Morgan fingerprint density at radius 1 is 1.26 bits per heavy atom. The van der Waals surface area contributed by atoms with E-state index in [9.17, 15) is 4.79 Å². The Balaban J connectivity index is 1.82. The van der Waals surface area contributed by atoms with Crippen molar-refractivity contribution >= 4 is 27.6 Å². The largest absolute Gasteiger partial charge is 0.336 e. The summed E-state index contributed by atoms with van der Waals surface area (Å²) in [7, 11) is 1.82. The summed E-state index contributed by atoms with van der Waals surface area (Å²) in [5, 5.41) is 4.04. The molecule has 2 amide bonds. The lowest BCUT2D eigenvalue weighted by Gasteiger charge is -2.20. The van der Waals surface area contributed by atoms with Crippen molar-refractivity contribution in [1.82, 2.24) is 15.2 Å². The van der Waals surface area contributed by atoms with E-state index in [1.54, 1.807) is 16.2 Å². The van der Waals surface area contributed by atoms with Crippen LogP contribution >= 0.6 is 11.3 Å². The number of aromatic nitrogens is 1. The number of nitrogens with one attached hydrogen (secondary N) is 1. The van der Waals surface area contributed by atoms with Gasteiger partial charge in [0.25, 0.3) is 0 Å². The Morgan fingerprint density at radius 2 is 2.00 bits per heavy atom. The number of urea groups is 1. The second kappa shape index (κ2) is 8.29. The number of fused-ring (bicyclic) bond motifs is 1. The summed E-state index contributed by atoms with van der Waals surface area (Å²) in [6, 6.07) is 8.25. The van der Waals surface area contributed by atoms with E-state index in [0.29, 0.717) is 6.54 Å². The number of para-hydroxylation sites is 1. The van der Waals surface area contributed by atoms with Crippen LogP contribution in [0.5, 0.6) is 0 Å². The molecule has 2 rings (SSSR count). The van der Waals surface area contributed by atoms with Crippen molar-refractivity contribution in [3.05, 3.63) is 29.3 Å². The normalized spacial score (nSPS) is 12.6. The first kappa shape index (κ1) is 17.7. The molecule has 2 aromatic rings. The van der Waals surface area contributed by atoms with E-state index in [-0.39, 0.29) is 12.1 Å². The van der Waals surface area contributed by atoms with Gasteiger partial charge in [0.05, 0.1) is 16.8 Å². The van der Waals surface area contributed by atoms with Crippen LogP contribution in [0.3, 0.4) is 0 Å². The van der Waals surface area contributed by atoms with Gasteiger partial charge in [-0.2, -0.15) is 0 Å². The molecule has 0 saturated heterocycles. The fourth-order valence-corrected chi connectivity index (χ4v) is 3.51. The molecule has 0 unspecified atom stereocenters. The molecule has 0 radical (unpaired) electrons. The molecule has 4 nitrogen and oxygen atoms in total. The van der Waals surface area contributed by atoms with E-state index in [0.717, 1.165) is 29.3 Å². The fraction of sp³-hybridized carbons (Fsp3) is 0.556. The van der Waals surface area contributed by atoms with Crippen molar-refractivity contribution in [3.63, 3.8) is 0 Å². The van der Waals surface area contributed by atoms with Gasteiger partial charge in [-0.05, 0) is 31.4 Å². The Bertz CT molecular complexity index is 605.